The quantitative estimate of drug-likeness (QED) is 0.168. The zero-order chi connectivity index (χ0) is 38.3. The van der Waals surface area contributed by atoms with Gasteiger partial charge in [0.1, 0.15) is 17.2 Å². The van der Waals surface area contributed by atoms with Gasteiger partial charge < -0.3 is 18.4 Å². The largest absolute Gasteiger partial charge is 0.551 e. The van der Waals surface area contributed by atoms with E-state index in [2.05, 4.69) is 197 Å². The third kappa shape index (κ3) is 4.23. The Bertz CT molecular complexity index is 3630. The summed E-state index contributed by atoms with van der Waals surface area (Å²) in [5, 5.41) is 7.56. The smallest absolute Gasteiger partial charge is 0.434 e. The molecule has 12 aromatic rings. The van der Waals surface area contributed by atoms with Gasteiger partial charge in [-0.3, -0.25) is 0 Å². The molecule has 0 saturated heterocycles. The Morgan fingerprint density at radius 2 is 0.966 bits per heavy atom. The van der Waals surface area contributed by atoms with Gasteiger partial charge in [-0.1, -0.05) is 115 Å². The van der Waals surface area contributed by atoms with Crippen molar-refractivity contribution >= 4 is 77.7 Å². The van der Waals surface area contributed by atoms with Crippen LogP contribution in [0.3, 0.4) is 0 Å². The van der Waals surface area contributed by atoms with Crippen LogP contribution < -0.4 is 20.3 Å². The minimum atomic E-state index is -0.321. The van der Waals surface area contributed by atoms with Gasteiger partial charge in [0.2, 0.25) is 0 Å². The van der Waals surface area contributed by atoms with Gasteiger partial charge in [0.25, 0.3) is 0 Å². The Kier molecular flexibility index (Phi) is 6.07. The number of nitrogens with zero attached hydrogens (tertiary/aromatic N) is 2. The molecule has 4 nitrogen and oxygen atoms in total. The fourth-order valence-corrected chi connectivity index (χ4v) is 10.4. The van der Waals surface area contributed by atoms with Crippen molar-refractivity contribution < 1.29 is 9.39 Å². The van der Waals surface area contributed by atoms with E-state index in [1.807, 2.05) is 0 Å². The number of aromatic nitrogens is 2. The van der Waals surface area contributed by atoms with Gasteiger partial charge in [-0.2, -0.15) is 0 Å². The zero-order valence-electron chi connectivity index (χ0n) is 31.7. The maximum atomic E-state index is 6.97. The van der Waals surface area contributed by atoms with Gasteiger partial charge in [-0.15, -0.1) is 0 Å². The predicted octanol–water partition coefficient (Wildman–Crippen LogP) is 12.5. The molecular formula is C54H31BN2O2. The molecule has 0 bridgehead atoms. The molecule has 59 heavy (non-hydrogen) atoms. The molecule has 9 aromatic carbocycles. The molecule has 0 aliphatic carbocycles. The summed E-state index contributed by atoms with van der Waals surface area (Å²) in [7, 11) is 0. The molecule has 5 heteroatoms. The Labute approximate surface area is 339 Å². The van der Waals surface area contributed by atoms with E-state index in [1.54, 1.807) is 0 Å². The van der Waals surface area contributed by atoms with E-state index >= 15 is 0 Å². The Morgan fingerprint density at radius 3 is 1.68 bits per heavy atom. The van der Waals surface area contributed by atoms with E-state index in [0.717, 1.165) is 61.7 Å². The molecule has 14 rings (SSSR count). The lowest BCUT2D eigenvalue weighted by atomic mass is 9.50. The lowest BCUT2D eigenvalue weighted by Crippen LogP contribution is -2.53. The highest BCUT2D eigenvalue weighted by molar-refractivity contribution is 6.84. The molecule has 0 radical (unpaired) electrons. The molecule has 5 heterocycles. The second kappa shape index (κ2) is 11.4. The SMILES string of the molecule is c1cc(-c2ccc3c(c2)B2Oc4ccccc4-c4cc(-c5cc6c7ccccc7n7c8ccccc8c(c5)c67)cc(c42)O3)cc(-n2c3ccccc3c3ccccc32)c1. The minimum absolute atomic E-state index is 0.321. The van der Waals surface area contributed by atoms with Crippen molar-refractivity contribution in [2.75, 3.05) is 0 Å². The van der Waals surface area contributed by atoms with Crippen molar-refractivity contribution in [2.24, 2.45) is 0 Å². The number of rotatable bonds is 3. The minimum Gasteiger partial charge on any atom is -0.551 e. The van der Waals surface area contributed by atoms with Crippen LogP contribution in [0.2, 0.25) is 0 Å². The normalized spacial score (nSPS) is 13.0. The fourth-order valence-electron chi connectivity index (χ4n) is 10.4. The van der Waals surface area contributed by atoms with Gasteiger partial charge in [0, 0.05) is 54.5 Å². The number of ether oxygens (including phenoxy) is 1. The van der Waals surface area contributed by atoms with Crippen molar-refractivity contribution in [1.82, 2.24) is 8.97 Å². The molecule has 0 fully saturated rings. The summed E-state index contributed by atoms with van der Waals surface area (Å²) in [5.41, 5.74) is 16.1. The first-order valence-electron chi connectivity index (χ1n) is 20.3. The van der Waals surface area contributed by atoms with Crippen molar-refractivity contribution in [3.05, 3.63) is 188 Å². The number of hydrogen-bond acceptors (Lipinski definition) is 2. The van der Waals surface area contributed by atoms with Gasteiger partial charge >= 0.3 is 6.92 Å². The lowest BCUT2D eigenvalue weighted by Gasteiger charge is -2.33. The van der Waals surface area contributed by atoms with E-state index in [9.17, 15) is 0 Å². The maximum Gasteiger partial charge on any atom is 0.434 e. The zero-order valence-corrected chi connectivity index (χ0v) is 31.7. The summed E-state index contributed by atoms with van der Waals surface area (Å²) in [4.78, 5) is 0. The van der Waals surface area contributed by atoms with Crippen LogP contribution >= 0.6 is 0 Å². The summed E-state index contributed by atoms with van der Waals surface area (Å²) < 4.78 is 18.7. The summed E-state index contributed by atoms with van der Waals surface area (Å²) >= 11 is 0. The number of hydrogen-bond donors (Lipinski definition) is 0. The monoisotopic (exact) mass is 750 g/mol. The molecule has 2 aliphatic rings. The Balaban J connectivity index is 0.930. The molecular weight excluding hydrogens is 719 g/mol. The molecule has 0 N–H and O–H groups in total. The van der Waals surface area contributed by atoms with E-state index < -0.39 is 0 Å². The van der Waals surface area contributed by atoms with Crippen LogP contribution in [0.5, 0.6) is 17.2 Å². The molecule has 2 aliphatic heterocycles. The second-order valence-electron chi connectivity index (χ2n) is 16.0. The lowest BCUT2D eigenvalue weighted by molar-refractivity contribution is 0.479. The topological polar surface area (TPSA) is 27.8 Å². The van der Waals surface area contributed by atoms with E-state index in [4.69, 9.17) is 9.39 Å². The van der Waals surface area contributed by atoms with E-state index in [1.165, 1.54) is 65.5 Å². The van der Waals surface area contributed by atoms with Crippen LogP contribution in [-0.4, -0.2) is 15.9 Å². The third-order valence-electron chi connectivity index (χ3n) is 12.9. The van der Waals surface area contributed by atoms with Crippen LogP contribution in [0.4, 0.5) is 0 Å². The summed E-state index contributed by atoms with van der Waals surface area (Å²) in [6.45, 7) is -0.321. The first-order valence-corrected chi connectivity index (χ1v) is 20.3. The van der Waals surface area contributed by atoms with Crippen molar-refractivity contribution in [2.45, 2.75) is 0 Å². The number of fused-ring (bicyclic) bond motifs is 13. The van der Waals surface area contributed by atoms with Gasteiger partial charge in [-0.25, -0.2) is 0 Å². The number of para-hydroxylation sites is 5. The van der Waals surface area contributed by atoms with Gasteiger partial charge in [0.05, 0.1) is 27.6 Å². The van der Waals surface area contributed by atoms with Crippen molar-refractivity contribution in [3.8, 4) is 56.3 Å². The first kappa shape index (κ1) is 31.3. The molecule has 3 aromatic heterocycles. The summed E-state index contributed by atoms with van der Waals surface area (Å²) in [5.74, 6) is 2.54. The third-order valence-corrected chi connectivity index (χ3v) is 12.9. The molecule has 0 unspecified atom stereocenters. The fraction of sp³-hybridized carbons (Fsp3) is 0. The van der Waals surface area contributed by atoms with Crippen LogP contribution in [0.1, 0.15) is 0 Å². The average molecular weight is 751 g/mol. The highest BCUT2D eigenvalue weighted by Gasteiger charge is 2.41. The second-order valence-corrected chi connectivity index (χ2v) is 16.0. The summed E-state index contributed by atoms with van der Waals surface area (Å²) in [6.07, 6.45) is 0. The number of benzene rings is 9. The van der Waals surface area contributed by atoms with Crippen LogP contribution in [0.25, 0.3) is 99.0 Å². The Morgan fingerprint density at radius 1 is 0.373 bits per heavy atom. The van der Waals surface area contributed by atoms with Crippen molar-refractivity contribution in [1.29, 1.82) is 0 Å². The standard InChI is InChI=1S/C54H31BN2O2/c1-6-19-46-37(14-1)38-15-2-7-20-47(38)56(46)36-13-11-12-32(26-36)33-24-25-51-45(30-33)55-53-42(41-18-5-10-23-50(41)59-55)27-35(31-52(53)58-51)34-28-43-39-16-3-8-21-48(39)57-49-22-9-4-17-40(49)44(29-34)54(43)57/h1-31H. The van der Waals surface area contributed by atoms with Crippen molar-refractivity contribution in [3.63, 3.8) is 0 Å². The van der Waals surface area contributed by atoms with Crippen LogP contribution in [0, 0.1) is 0 Å². The van der Waals surface area contributed by atoms with Crippen LogP contribution in [0.15, 0.2) is 188 Å². The molecule has 0 saturated carbocycles. The highest BCUT2D eigenvalue weighted by Crippen LogP contribution is 2.45. The van der Waals surface area contributed by atoms with E-state index in [0.29, 0.717) is 0 Å². The average Bonchev–Trinajstić information content (AvgIpc) is 3.94. The Hall–Kier alpha value is -7.76. The predicted molar refractivity (Wildman–Crippen MR) is 244 cm³/mol. The molecule has 0 atom stereocenters. The van der Waals surface area contributed by atoms with Gasteiger partial charge in [-0.05, 0) is 101 Å². The van der Waals surface area contributed by atoms with Crippen LogP contribution in [-0.2, 0) is 0 Å². The molecule has 0 amide bonds. The maximum absolute atomic E-state index is 6.97. The molecule has 272 valence electrons. The molecule has 0 spiro atoms. The van der Waals surface area contributed by atoms with Gasteiger partial charge in [0.15, 0.2) is 0 Å². The highest BCUT2D eigenvalue weighted by atomic mass is 16.5. The van der Waals surface area contributed by atoms with E-state index in [-0.39, 0.29) is 6.92 Å². The first-order chi connectivity index (χ1) is 29.2. The summed E-state index contributed by atoms with van der Waals surface area (Å²) in [6, 6.07) is 68.0.